The van der Waals surface area contributed by atoms with Crippen LogP contribution in [0.15, 0.2) is 47.0 Å². The van der Waals surface area contributed by atoms with E-state index in [4.69, 9.17) is 18.7 Å². The molecular formula is C18H15IN2O5. The first kappa shape index (κ1) is 18.2. The van der Waals surface area contributed by atoms with Gasteiger partial charge in [0.25, 0.3) is 5.89 Å². The molecule has 0 N–H and O–H groups in total. The Balaban J connectivity index is 1.71. The summed E-state index contributed by atoms with van der Waals surface area (Å²) in [6, 6.07) is 12.4. The molecule has 0 saturated heterocycles. The van der Waals surface area contributed by atoms with E-state index in [0.717, 1.165) is 3.57 Å². The number of esters is 1. The molecule has 26 heavy (non-hydrogen) atoms. The van der Waals surface area contributed by atoms with Crippen LogP contribution in [0.2, 0.25) is 0 Å². The second-order valence-electron chi connectivity index (χ2n) is 5.16. The molecule has 0 aliphatic carbocycles. The zero-order chi connectivity index (χ0) is 18.5. The lowest BCUT2D eigenvalue weighted by Gasteiger charge is -2.07. The quantitative estimate of drug-likeness (QED) is 0.405. The Morgan fingerprint density at radius 1 is 1.15 bits per heavy atom. The number of methoxy groups -OCH3 is 2. The summed E-state index contributed by atoms with van der Waals surface area (Å²) in [4.78, 5) is 16.3. The third kappa shape index (κ3) is 4.13. The van der Waals surface area contributed by atoms with Gasteiger partial charge in [-0.3, -0.25) is 0 Å². The predicted molar refractivity (Wildman–Crippen MR) is 101 cm³/mol. The first-order chi connectivity index (χ1) is 12.6. The van der Waals surface area contributed by atoms with Crippen molar-refractivity contribution >= 4 is 28.6 Å². The number of benzene rings is 2. The normalized spacial score (nSPS) is 10.4. The highest BCUT2D eigenvalue weighted by Gasteiger charge is 2.16. The minimum atomic E-state index is -0.453. The summed E-state index contributed by atoms with van der Waals surface area (Å²) in [5.41, 5.74) is 1.11. The zero-order valence-corrected chi connectivity index (χ0v) is 16.2. The Kier molecular flexibility index (Phi) is 5.71. The zero-order valence-electron chi connectivity index (χ0n) is 14.1. The molecule has 0 unspecified atom stereocenters. The molecule has 0 bridgehead atoms. The number of carbonyl (C=O) groups is 1. The third-order valence-corrected chi connectivity index (χ3v) is 4.18. The van der Waals surface area contributed by atoms with Crippen molar-refractivity contribution in [1.82, 2.24) is 10.1 Å². The van der Waals surface area contributed by atoms with Crippen molar-refractivity contribution in [1.29, 1.82) is 0 Å². The highest BCUT2D eigenvalue weighted by atomic mass is 127. The average Bonchev–Trinajstić information content (AvgIpc) is 3.14. The van der Waals surface area contributed by atoms with E-state index in [2.05, 4.69) is 32.7 Å². The standard InChI is InChI=1S/C18H15IN2O5/c1-23-13-6-7-14(15(9-13)24-2)17-20-16(26-21-17)10-25-18(22)11-4-3-5-12(19)8-11/h3-9H,10H2,1-2H3. The second-order valence-corrected chi connectivity index (χ2v) is 6.41. The molecular weight excluding hydrogens is 451 g/mol. The van der Waals surface area contributed by atoms with Gasteiger partial charge in [0.15, 0.2) is 6.61 Å². The van der Waals surface area contributed by atoms with Gasteiger partial charge in [-0.15, -0.1) is 0 Å². The van der Waals surface area contributed by atoms with Crippen LogP contribution < -0.4 is 9.47 Å². The third-order valence-electron chi connectivity index (χ3n) is 3.50. The number of hydrogen-bond donors (Lipinski definition) is 0. The Hall–Kier alpha value is -2.62. The smallest absolute Gasteiger partial charge is 0.338 e. The van der Waals surface area contributed by atoms with Gasteiger partial charge in [0.05, 0.1) is 25.3 Å². The molecule has 7 nitrogen and oxygen atoms in total. The molecule has 0 spiro atoms. The molecule has 0 aliphatic rings. The van der Waals surface area contributed by atoms with Crippen molar-refractivity contribution in [3.05, 3.63) is 57.5 Å². The fourth-order valence-electron chi connectivity index (χ4n) is 2.23. The molecule has 0 amide bonds. The van der Waals surface area contributed by atoms with Gasteiger partial charge in [-0.2, -0.15) is 4.98 Å². The van der Waals surface area contributed by atoms with Crippen molar-refractivity contribution in [2.45, 2.75) is 6.61 Å². The van der Waals surface area contributed by atoms with E-state index in [1.807, 2.05) is 6.07 Å². The van der Waals surface area contributed by atoms with Gasteiger partial charge in [-0.25, -0.2) is 4.79 Å². The van der Waals surface area contributed by atoms with Gasteiger partial charge in [-0.05, 0) is 52.9 Å². The van der Waals surface area contributed by atoms with Crippen LogP contribution in [0.25, 0.3) is 11.4 Å². The SMILES string of the molecule is COc1ccc(-c2noc(COC(=O)c3cccc(I)c3)n2)c(OC)c1. The summed E-state index contributed by atoms with van der Waals surface area (Å²) in [5.74, 6) is 1.28. The van der Waals surface area contributed by atoms with Crippen molar-refractivity contribution < 1.29 is 23.5 Å². The summed E-state index contributed by atoms with van der Waals surface area (Å²) in [5, 5.41) is 3.92. The Morgan fingerprint density at radius 3 is 2.73 bits per heavy atom. The fraction of sp³-hybridized carbons (Fsp3) is 0.167. The second kappa shape index (κ2) is 8.17. The summed E-state index contributed by atoms with van der Waals surface area (Å²) in [7, 11) is 3.12. The lowest BCUT2D eigenvalue weighted by Crippen LogP contribution is -2.05. The molecule has 2 aromatic carbocycles. The lowest BCUT2D eigenvalue weighted by molar-refractivity contribution is 0.0429. The van der Waals surface area contributed by atoms with Gasteiger partial charge < -0.3 is 18.7 Å². The van der Waals surface area contributed by atoms with Crippen molar-refractivity contribution in [3.8, 4) is 22.9 Å². The number of rotatable bonds is 6. The Morgan fingerprint density at radius 2 is 2.00 bits per heavy atom. The molecule has 0 saturated carbocycles. The molecule has 0 radical (unpaired) electrons. The maximum Gasteiger partial charge on any atom is 0.338 e. The number of aromatic nitrogens is 2. The maximum absolute atomic E-state index is 12.1. The maximum atomic E-state index is 12.1. The van der Waals surface area contributed by atoms with Gasteiger partial charge in [0.2, 0.25) is 5.82 Å². The van der Waals surface area contributed by atoms with Crippen LogP contribution in [0.4, 0.5) is 0 Å². The molecule has 3 rings (SSSR count). The topological polar surface area (TPSA) is 83.7 Å². The van der Waals surface area contributed by atoms with Crippen LogP contribution in [0.3, 0.4) is 0 Å². The van der Waals surface area contributed by atoms with Crippen LogP contribution in [-0.2, 0) is 11.3 Å². The van der Waals surface area contributed by atoms with Gasteiger partial charge in [0, 0.05) is 9.64 Å². The van der Waals surface area contributed by atoms with Crippen molar-refractivity contribution in [2.24, 2.45) is 0 Å². The molecule has 0 aliphatic heterocycles. The van der Waals surface area contributed by atoms with Crippen LogP contribution in [0, 0.1) is 3.57 Å². The highest BCUT2D eigenvalue weighted by molar-refractivity contribution is 14.1. The highest BCUT2D eigenvalue weighted by Crippen LogP contribution is 2.31. The molecule has 1 aromatic heterocycles. The number of carbonyl (C=O) groups excluding carboxylic acids is 1. The molecule has 0 fully saturated rings. The van der Waals surface area contributed by atoms with E-state index in [1.165, 1.54) is 0 Å². The van der Waals surface area contributed by atoms with Crippen molar-refractivity contribution in [2.75, 3.05) is 14.2 Å². The van der Waals surface area contributed by atoms with Crippen LogP contribution in [0.5, 0.6) is 11.5 Å². The predicted octanol–water partition coefficient (Wildman–Crippen LogP) is 3.72. The number of halogens is 1. The summed E-state index contributed by atoms with van der Waals surface area (Å²) >= 11 is 2.13. The number of hydrogen-bond acceptors (Lipinski definition) is 7. The van der Waals surface area contributed by atoms with E-state index in [9.17, 15) is 4.79 Å². The van der Waals surface area contributed by atoms with Crippen molar-refractivity contribution in [3.63, 3.8) is 0 Å². The largest absolute Gasteiger partial charge is 0.497 e. The van der Waals surface area contributed by atoms with Crippen LogP contribution in [-0.4, -0.2) is 30.3 Å². The number of ether oxygens (including phenoxy) is 3. The molecule has 134 valence electrons. The van der Waals surface area contributed by atoms with E-state index >= 15 is 0 Å². The first-order valence-corrected chi connectivity index (χ1v) is 8.66. The summed E-state index contributed by atoms with van der Waals surface area (Å²) in [6.45, 7) is -0.115. The van der Waals surface area contributed by atoms with Crippen LogP contribution >= 0.6 is 22.6 Å². The summed E-state index contributed by atoms with van der Waals surface area (Å²) in [6.07, 6.45) is 0. The van der Waals surface area contributed by atoms with Gasteiger partial charge >= 0.3 is 5.97 Å². The van der Waals surface area contributed by atoms with Gasteiger partial charge in [0.1, 0.15) is 11.5 Å². The minimum absolute atomic E-state index is 0.115. The first-order valence-electron chi connectivity index (χ1n) is 7.58. The lowest BCUT2D eigenvalue weighted by atomic mass is 10.2. The minimum Gasteiger partial charge on any atom is -0.497 e. The molecule has 3 aromatic rings. The fourth-order valence-corrected chi connectivity index (χ4v) is 2.78. The van der Waals surface area contributed by atoms with Crippen LogP contribution in [0.1, 0.15) is 16.2 Å². The molecule has 0 atom stereocenters. The molecule has 1 heterocycles. The molecule has 8 heteroatoms. The van der Waals surface area contributed by atoms with Gasteiger partial charge in [-0.1, -0.05) is 11.2 Å². The summed E-state index contributed by atoms with van der Waals surface area (Å²) < 4.78 is 21.8. The number of nitrogens with zero attached hydrogens (tertiary/aromatic N) is 2. The van der Waals surface area contributed by atoms with E-state index in [0.29, 0.717) is 28.5 Å². The monoisotopic (exact) mass is 466 g/mol. The Bertz CT molecular complexity index is 925. The van der Waals surface area contributed by atoms with E-state index in [-0.39, 0.29) is 12.5 Å². The van der Waals surface area contributed by atoms with E-state index in [1.54, 1.807) is 50.6 Å². The van der Waals surface area contributed by atoms with E-state index < -0.39 is 5.97 Å². The Labute approximate surface area is 163 Å². The average molecular weight is 466 g/mol.